The maximum absolute atomic E-state index is 12.6. The molecule has 4 rings (SSSR count). The topological polar surface area (TPSA) is 83.6 Å². The van der Waals surface area contributed by atoms with Crippen LogP contribution < -0.4 is 5.32 Å². The molecule has 4 aromatic rings. The highest BCUT2D eigenvalue weighted by molar-refractivity contribution is 7.15. The van der Waals surface area contributed by atoms with E-state index in [1.165, 1.54) is 6.08 Å². The van der Waals surface area contributed by atoms with E-state index in [-0.39, 0.29) is 22.0 Å². The SMILES string of the molecule is N#C/C(=C/c1cccn1-c1ccc2ccccc2c1)C(=O)Nc1nnc(C(F)(F)F)s1. The maximum atomic E-state index is 12.6. The Kier molecular flexibility index (Phi) is 5.27. The molecule has 0 radical (unpaired) electrons. The summed E-state index contributed by atoms with van der Waals surface area (Å²) in [5.74, 6) is -0.876. The first-order valence-electron chi connectivity index (χ1n) is 8.85. The highest BCUT2D eigenvalue weighted by Gasteiger charge is 2.35. The Balaban J connectivity index is 1.61. The van der Waals surface area contributed by atoms with E-state index in [2.05, 4.69) is 15.5 Å². The van der Waals surface area contributed by atoms with Crippen LogP contribution in [0.15, 0.2) is 66.4 Å². The molecule has 31 heavy (non-hydrogen) atoms. The van der Waals surface area contributed by atoms with Gasteiger partial charge in [0.05, 0.1) is 0 Å². The normalized spacial score (nSPS) is 12.0. The van der Waals surface area contributed by atoms with Gasteiger partial charge in [0.2, 0.25) is 10.1 Å². The minimum absolute atomic E-state index is 0.184. The smallest absolute Gasteiger partial charge is 0.317 e. The van der Waals surface area contributed by atoms with Crippen LogP contribution in [-0.2, 0) is 11.0 Å². The van der Waals surface area contributed by atoms with Gasteiger partial charge in [0.1, 0.15) is 11.6 Å². The summed E-state index contributed by atoms with van der Waals surface area (Å²) in [5, 5.41) is 18.5. The van der Waals surface area contributed by atoms with Crippen LogP contribution in [-0.4, -0.2) is 20.7 Å². The van der Waals surface area contributed by atoms with Crippen molar-refractivity contribution in [2.24, 2.45) is 0 Å². The lowest BCUT2D eigenvalue weighted by molar-refractivity contribution is -0.138. The molecule has 0 aliphatic carbocycles. The zero-order chi connectivity index (χ0) is 22.0. The molecule has 0 saturated heterocycles. The molecule has 0 unspecified atom stereocenters. The van der Waals surface area contributed by atoms with E-state index in [9.17, 15) is 23.2 Å². The first-order chi connectivity index (χ1) is 14.8. The molecule has 10 heteroatoms. The first kappa shape index (κ1) is 20.3. The van der Waals surface area contributed by atoms with Crippen LogP contribution >= 0.6 is 11.3 Å². The van der Waals surface area contributed by atoms with E-state index in [4.69, 9.17) is 0 Å². The number of nitrogens with one attached hydrogen (secondary N) is 1. The quantitative estimate of drug-likeness (QED) is 0.356. The van der Waals surface area contributed by atoms with Crippen LogP contribution in [0.25, 0.3) is 22.5 Å². The molecule has 2 heterocycles. The average Bonchev–Trinajstić information content (AvgIpc) is 3.41. The summed E-state index contributed by atoms with van der Waals surface area (Å²) < 4.78 is 39.7. The summed E-state index contributed by atoms with van der Waals surface area (Å²) >= 11 is 0.184. The van der Waals surface area contributed by atoms with E-state index in [0.717, 1.165) is 16.5 Å². The van der Waals surface area contributed by atoms with Crippen molar-refractivity contribution in [3.05, 3.63) is 77.1 Å². The number of aromatic nitrogens is 3. The van der Waals surface area contributed by atoms with Gasteiger partial charge in [0.25, 0.3) is 5.91 Å². The number of amides is 1. The second-order valence-electron chi connectivity index (χ2n) is 6.37. The fourth-order valence-corrected chi connectivity index (χ4v) is 3.53. The number of benzene rings is 2. The fourth-order valence-electron chi connectivity index (χ4n) is 2.92. The Labute approximate surface area is 177 Å². The molecule has 0 saturated carbocycles. The van der Waals surface area contributed by atoms with Crippen molar-refractivity contribution in [3.8, 4) is 11.8 Å². The van der Waals surface area contributed by atoms with Gasteiger partial charge in [0, 0.05) is 17.6 Å². The molecule has 154 valence electrons. The lowest BCUT2D eigenvalue weighted by Crippen LogP contribution is -2.13. The van der Waals surface area contributed by atoms with E-state index in [1.54, 1.807) is 29.0 Å². The lowest BCUT2D eigenvalue weighted by Gasteiger charge is -2.09. The predicted molar refractivity (Wildman–Crippen MR) is 110 cm³/mol. The largest absolute Gasteiger partial charge is 0.445 e. The second-order valence-corrected chi connectivity index (χ2v) is 7.35. The lowest BCUT2D eigenvalue weighted by atomic mass is 10.1. The van der Waals surface area contributed by atoms with Gasteiger partial charge in [-0.1, -0.05) is 41.7 Å². The summed E-state index contributed by atoms with van der Waals surface area (Å²) in [5.41, 5.74) is 1.09. The van der Waals surface area contributed by atoms with Crippen molar-refractivity contribution in [3.63, 3.8) is 0 Å². The summed E-state index contributed by atoms with van der Waals surface area (Å²) in [4.78, 5) is 12.4. The van der Waals surface area contributed by atoms with E-state index in [0.29, 0.717) is 5.69 Å². The third kappa shape index (κ3) is 4.31. The summed E-state index contributed by atoms with van der Waals surface area (Å²) in [6.07, 6.45) is -1.52. The Morgan fingerprint density at radius 3 is 2.58 bits per heavy atom. The van der Waals surface area contributed by atoms with Crippen LogP contribution in [0, 0.1) is 11.3 Å². The number of fused-ring (bicyclic) bond motifs is 1. The molecular formula is C21H12F3N5OS. The minimum atomic E-state index is -4.66. The number of nitrogens with zero attached hydrogens (tertiary/aromatic N) is 4. The summed E-state index contributed by atoms with van der Waals surface area (Å²) in [6.45, 7) is 0. The van der Waals surface area contributed by atoms with Gasteiger partial charge in [-0.15, -0.1) is 10.2 Å². The van der Waals surface area contributed by atoms with Gasteiger partial charge < -0.3 is 4.57 Å². The molecule has 0 bridgehead atoms. The molecule has 2 aromatic heterocycles. The number of alkyl halides is 3. The molecule has 0 atom stereocenters. The van der Waals surface area contributed by atoms with Crippen LogP contribution in [0.3, 0.4) is 0 Å². The van der Waals surface area contributed by atoms with Crippen molar-refractivity contribution in [2.75, 3.05) is 5.32 Å². The number of carbonyl (C=O) groups is 1. The van der Waals surface area contributed by atoms with Gasteiger partial charge >= 0.3 is 6.18 Å². The second kappa shape index (κ2) is 8.04. The minimum Gasteiger partial charge on any atom is -0.317 e. The Bertz CT molecular complexity index is 1350. The van der Waals surface area contributed by atoms with Gasteiger partial charge in [-0.05, 0) is 41.1 Å². The number of anilines is 1. The standard InChI is InChI=1S/C21H12F3N5OS/c22-21(23,24)19-27-28-20(31-19)26-18(30)15(12-25)11-16-6-3-9-29(16)17-8-7-13-4-1-2-5-14(13)10-17/h1-11H,(H,26,28,30)/b15-11-. The van der Waals surface area contributed by atoms with E-state index < -0.39 is 17.1 Å². The van der Waals surface area contributed by atoms with Gasteiger partial charge in [0.15, 0.2) is 0 Å². The number of hydrogen-bond acceptors (Lipinski definition) is 5. The summed E-state index contributed by atoms with van der Waals surface area (Å²) in [7, 11) is 0. The molecule has 0 aliphatic heterocycles. The molecule has 2 aromatic carbocycles. The number of halogens is 3. The van der Waals surface area contributed by atoms with Gasteiger partial charge in [-0.25, -0.2) is 0 Å². The van der Waals surface area contributed by atoms with Crippen molar-refractivity contribution in [1.29, 1.82) is 5.26 Å². The zero-order valence-corrected chi connectivity index (χ0v) is 16.4. The Morgan fingerprint density at radius 2 is 1.87 bits per heavy atom. The monoisotopic (exact) mass is 439 g/mol. The van der Waals surface area contributed by atoms with E-state index >= 15 is 0 Å². The third-order valence-electron chi connectivity index (χ3n) is 4.34. The highest BCUT2D eigenvalue weighted by Crippen LogP contribution is 2.33. The van der Waals surface area contributed by atoms with Crippen molar-refractivity contribution < 1.29 is 18.0 Å². The zero-order valence-electron chi connectivity index (χ0n) is 15.6. The number of nitriles is 1. The molecular weight excluding hydrogens is 427 g/mol. The van der Waals surface area contributed by atoms with Crippen LogP contribution in [0.2, 0.25) is 0 Å². The maximum Gasteiger partial charge on any atom is 0.445 e. The van der Waals surface area contributed by atoms with Crippen LogP contribution in [0.4, 0.5) is 18.3 Å². The van der Waals surface area contributed by atoms with Crippen LogP contribution in [0.5, 0.6) is 0 Å². The predicted octanol–water partition coefficient (Wildman–Crippen LogP) is 5.05. The number of carbonyl (C=O) groups excluding carboxylic acids is 1. The number of rotatable bonds is 4. The number of hydrogen-bond donors (Lipinski definition) is 1. The average molecular weight is 439 g/mol. The first-order valence-corrected chi connectivity index (χ1v) is 9.67. The van der Waals surface area contributed by atoms with Crippen molar-refractivity contribution >= 4 is 39.2 Å². The van der Waals surface area contributed by atoms with Crippen molar-refractivity contribution in [2.45, 2.75) is 6.18 Å². The molecule has 1 N–H and O–H groups in total. The van der Waals surface area contributed by atoms with Gasteiger partial charge in [-0.2, -0.15) is 18.4 Å². The third-order valence-corrected chi connectivity index (χ3v) is 5.22. The molecule has 6 nitrogen and oxygen atoms in total. The van der Waals surface area contributed by atoms with Gasteiger partial charge in [-0.3, -0.25) is 10.1 Å². The molecule has 0 fully saturated rings. The van der Waals surface area contributed by atoms with E-state index in [1.807, 2.05) is 42.5 Å². The molecule has 1 amide bonds. The highest BCUT2D eigenvalue weighted by atomic mass is 32.1. The van der Waals surface area contributed by atoms with Crippen molar-refractivity contribution in [1.82, 2.24) is 14.8 Å². The Morgan fingerprint density at radius 1 is 1.10 bits per heavy atom. The molecule has 0 aliphatic rings. The van der Waals surface area contributed by atoms with Crippen LogP contribution in [0.1, 0.15) is 10.7 Å². The fraction of sp³-hybridized carbons (Fsp3) is 0.0476. The molecule has 0 spiro atoms. The summed E-state index contributed by atoms with van der Waals surface area (Å²) in [6, 6.07) is 18.9. The Hall–Kier alpha value is -3.97.